The Morgan fingerprint density at radius 1 is 0.808 bits per heavy atom. The SMILES string of the molecule is Cc1ccc(S(=O)(=O)Oc2ccccc2CNCc2ccccc2)cc1. The lowest BCUT2D eigenvalue weighted by Crippen LogP contribution is -2.15. The average molecular weight is 367 g/mol. The third-order valence-corrected chi connectivity index (χ3v) is 5.22. The summed E-state index contributed by atoms with van der Waals surface area (Å²) >= 11 is 0. The molecule has 0 saturated carbocycles. The van der Waals surface area contributed by atoms with Crippen LogP contribution in [0.3, 0.4) is 0 Å². The summed E-state index contributed by atoms with van der Waals surface area (Å²) in [7, 11) is -3.86. The molecule has 0 spiro atoms. The summed E-state index contributed by atoms with van der Waals surface area (Å²) in [6.07, 6.45) is 0. The smallest absolute Gasteiger partial charge is 0.339 e. The third kappa shape index (κ3) is 4.71. The zero-order valence-electron chi connectivity index (χ0n) is 14.6. The highest BCUT2D eigenvalue weighted by molar-refractivity contribution is 7.87. The van der Waals surface area contributed by atoms with Crippen LogP contribution in [0.4, 0.5) is 0 Å². The minimum atomic E-state index is -3.86. The van der Waals surface area contributed by atoms with Crippen molar-refractivity contribution in [3.05, 3.63) is 95.6 Å². The predicted molar refractivity (Wildman–Crippen MR) is 102 cm³/mol. The van der Waals surface area contributed by atoms with E-state index in [1.807, 2.05) is 49.4 Å². The summed E-state index contributed by atoms with van der Waals surface area (Å²) in [4.78, 5) is 0.148. The maximum absolute atomic E-state index is 12.5. The van der Waals surface area contributed by atoms with Crippen LogP contribution in [0.1, 0.15) is 16.7 Å². The Hall–Kier alpha value is -2.63. The van der Waals surface area contributed by atoms with E-state index in [0.717, 1.165) is 16.7 Å². The zero-order valence-corrected chi connectivity index (χ0v) is 15.4. The molecule has 0 heterocycles. The van der Waals surface area contributed by atoms with E-state index < -0.39 is 10.1 Å². The van der Waals surface area contributed by atoms with Crippen molar-refractivity contribution in [2.75, 3.05) is 0 Å². The average Bonchev–Trinajstić information content (AvgIpc) is 2.64. The summed E-state index contributed by atoms with van der Waals surface area (Å²) < 4.78 is 30.4. The van der Waals surface area contributed by atoms with E-state index in [1.165, 1.54) is 0 Å². The molecule has 0 unspecified atom stereocenters. The molecule has 0 bridgehead atoms. The molecule has 0 saturated heterocycles. The van der Waals surface area contributed by atoms with Gasteiger partial charge in [0, 0.05) is 18.7 Å². The lowest BCUT2D eigenvalue weighted by molar-refractivity contribution is 0.481. The molecule has 3 aromatic rings. The van der Waals surface area contributed by atoms with Gasteiger partial charge in [-0.3, -0.25) is 0 Å². The van der Waals surface area contributed by atoms with Gasteiger partial charge in [0.2, 0.25) is 0 Å². The van der Waals surface area contributed by atoms with Gasteiger partial charge in [0.15, 0.2) is 0 Å². The van der Waals surface area contributed by atoms with Crippen LogP contribution in [0.2, 0.25) is 0 Å². The van der Waals surface area contributed by atoms with E-state index in [9.17, 15) is 8.42 Å². The van der Waals surface area contributed by atoms with Gasteiger partial charge in [0.25, 0.3) is 0 Å². The minimum absolute atomic E-state index is 0.148. The molecule has 0 fully saturated rings. The van der Waals surface area contributed by atoms with Crippen molar-refractivity contribution >= 4 is 10.1 Å². The fourth-order valence-corrected chi connectivity index (χ4v) is 3.50. The van der Waals surface area contributed by atoms with Gasteiger partial charge in [-0.25, -0.2) is 0 Å². The first kappa shape index (κ1) is 18.2. The van der Waals surface area contributed by atoms with Crippen molar-refractivity contribution in [2.45, 2.75) is 24.9 Å². The fourth-order valence-electron chi connectivity index (χ4n) is 2.54. The molecule has 0 amide bonds. The molecule has 26 heavy (non-hydrogen) atoms. The molecule has 0 aliphatic carbocycles. The highest BCUT2D eigenvalue weighted by Crippen LogP contribution is 2.23. The van der Waals surface area contributed by atoms with Gasteiger partial charge in [-0.2, -0.15) is 8.42 Å². The van der Waals surface area contributed by atoms with Crippen LogP contribution < -0.4 is 9.50 Å². The molecule has 0 atom stereocenters. The highest BCUT2D eigenvalue weighted by atomic mass is 32.2. The van der Waals surface area contributed by atoms with Crippen molar-refractivity contribution in [1.82, 2.24) is 5.32 Å². The summed E-state index contributed by atoms with van der Waals surface area (Å²) in [6.45, 7) is 3.11. The van der Waals surface area contributed by atoms with Crippen LogP contribution in [0.15, 0.2) is 83.8 Å². The van der Waals surface area contributed by atoms with Crippen molar-refractivity contribution in [3.63, 3.8) is 0 Å². The molecule has 134 valence electrons. The second-order valence-electron chi connectivity index (χ2n) is 6.05. The van der Waals surface area contributed by atoms with Crippen LogP contribution in [0.25, 0.3) is 0 Å². The Bertz CT molecular complexity index is 952. The first-order valence-electron chi connectivity index (χ1n) is 8.38. The molecule has 0 aliphatic heterocycles. The van der Waals surface area contributed by atoms with Crippen molar-refractivity contribution in [1.29, 1.82) is 0 Å². The molecule has 4 nitrogen and oxygen atoms in total. The second-order valence-corrected chi connectivity index (χ2v) is 7.59. The van der Waals surface area contributed by atoms with Gasteiger partial charge in [0.1, 0.15) is 10.6 Å². The Balaban J connectivity index is 1.71. The maximum atomic E-state index is 12.5. The molecule has 0 aliphatic rings. The largest absolute Gasteiger partial charge is 0.379 e. The Morgan fingerprint density at radius 2 is 1.46 bits per heavy atom. The molecule has 1 N–H and O–H groups in total. The fraction of sp³-hybridized carbons (Fsp3) is 0.143. The number of nitrogens with one attached hydrogen (secondary N) is 1. The lowest BCUT2D eigenvalue weighted by atomic mass is 10.2. The van der Waals surface area contributed by atoms with E-state index in [4.69, 9.17) is 4.18 Å². The maximum Gasteiger partial charge on any atom is 0.339 e. The van der Waals surface area contributed by atoms with E-state index in [0.29, 0.717) is 18.8 Å². The number of hydrogen-bond acceptors (Lipinski definition) is 4. The van der Waals surface area contributed by atoms with E-state index >= 15 is 0 Å². The van der Waals surface area contributed by atoms with Gasteiger partial charge in [-0.15, -0.1) is 0 Å². The Morgan fingerprint density at radius 3 is 2.19 bits per heavy atom. The topological polar surface area (TPSA) is 55.4 Å². The van der Waals surface area contributed by atoms with Crippen LogP contribution >= 0.6 is 0 Å². The van der Waals surface area contributed by atoms with Gasteiger partial charge in [0.05, 0.1) is 0 Å². The van der Waals surface area contributed by atoms with Crippen LogP contribution in [0.5, 0.6) is 5.75 Å². The first-order chi connectivity index (χ1) is 12.5. The van der Waals surface area contributed by atoms with Crippen molar-refractivity contribution < 1.29 is 12.6 Å². The Labute approximate surface area is 154 Å². The van der Waals surface area contributed by atoms with Crippen molar-refractivity contribution in [3.8, 4) is 5.75 Å². The van der Waals surface area contributed by atoms with Crippen LogP contribution in [-0.2, 0) is 23.2 Å². The quantitative estimate of drug-likeness (QED) is 0.640. The number of hydrogen-bond donors (Lipinski definition) is 1. The molecular weight excluding hydrogens is 346 g/mol. The highest BCUT2D eigenvalue weighted by Gasteiger charge is 2.18. The normalized spacial score (nSPS) is 11.3. The van der Waals surface area contributed by atoms with Crippen molar-refractivity contribution in [2.24, 2.45) is 0 Å². The van der Waals surface area contributed by atoms with Gasteiger partial charge >= 0.3 is 10.1 Å². The van der Waals surface area contributed by atoms with Gasteiger partial charge in [-0.05, 0) is 30.7 Å². The number of rotatable bonds is 7. The Kier molecular flexibility index (Phi) is 5.71. The summed E-state index contributed by atoms with van der Waals surface area (Å²) in [6, 6.07) is 23.8. The number of benzene rings is 3. The summed E-state index contributed by atoms with van der Waals surface area (Å²) in [5.41, 5.74) is 2.95. The molecule has 3 rings (SSSR count). The first-order valence-corrected chi connectivity index (χ1v) is 9.79. The zero-order chi connectivity index (χ0) is 18.4. The van der Waals surface area contributed by atoms with E-state index in [1.54, 1.807) is 36.4 Å². The monoisotopic (exact) mass is 367 g/mol. The predicted octanol–water partition coefficient (Wildman–Crippen LogP) is 4.05. The third-order valence-electron chi connectivity index (χ3n) is 3.97. The van der Waals surface area contributed by atoms with E-state index in [-0.39, 0.29) is 4.90 Å². The second kappa shape index (κ2) is 8.17. The number of para-hydroxylation sites is 1. The number of aryl methyl sites for hydroxylation is 1. The molecule has 0 radical (unpaired) electrons. The molecule has 0 aromatic heterocycles. The lowest BCUT2D eigenvalue weighted by Gasteiger charge is -2.12. The summed E-state index contributed by atoms with van der Waals surface area (Å²) in [5, 5.41) is 3.32. The van der Waals surface area contributed by atoms with E-state index in [2.05, 4.69) is 5.32 Å². The molecular formula is C21H21NO3S. The summed E-state index contributed by atoms with van der Waals surface area (Å²) in [5.74, 6) is 0.341. The van der Waals surface area contributed by atoms with Crippen LogP contribution in [-0.4, -0.2) is 8.42 Å². The van der Waals surface area contributed by atoms with Gasteiger partial charge < -0.3 is 9.50 Å². The molecule has 5 heteroatoms. The standard InChI is InChI=1S/C21H21NO3S/c1-17-11-13-20(14-12-17)26(23,24)25-21-10-6-5-9-19(21)16-22-15-18-7-3-2-4-8-18/h2-14,22H,15-16H2,1H3. The van der Waals surface area contributed by atoms with Gasteiger partial charge in [-0.1, -0.05) is 66.2 Å². The molecule has 3 aromatic carbocycles. The minimum Gasteiger partial charge on any atom is -0.379 e. The van der Waals surface area contributed by atoms with Crippen LogP contribution in [0, 0.1) is 6.92 Å².